The molecule has 0 aromatic heterocycles. The highest BCUT2D eigenvalue weighted by atomic mass is 16.2. The molecule has 0 bridgehead atoms. The number of benzene rings is 1. The molecular weight excluding hydrogens is 336 g/mol. The molecule has 4 heteroatoms. The van der Waals surface area contributed by atoms with E-state index in [-0.39, 0.29) is 22.6 Å². The van der Waals surface area contributed by atoms with Gasteiger partial charge < -0.3 is 9.80 Å². The van der Waals surface area contributed by atoms with Crippen LogP contribution in [0.3, 0.4) is 0 Å². The van der Waals surface area contributed by atoms with E-state index in [2.05, 4.69) is 45.0 Å². The molecule has 0 unspecified atom stereocenters. The lowest BCUT2D eigenvalue weighted by molar-refractivity contribution is -0.139. The number of carbonyl (C=O) groups excluding carboxylic acids is 2. The van der Waals surface area contributed by atoms with Crippen molar-refractivity contribution >= 4 is 17.5 Å². The summed E-state index contributed by atoms with van der Waals surface area (Å²) in [5.74, 6) is 1.24. The van der Waals surface area contributed by atoms with Gasteiger partial charge in [-0.15, -0.1) is 0 Å². The fourth-order valence-electron chi connectivity index (χ4n) is 4.62. The Kier molecular flexibility index (Phi) is 4.56. The van der Waals surface area contributed by atoms with E-state index in [0.29, 0.717) is 6.42 Å². The molecule has 1 spiro atoms. The lowest BCUT2D eigenvalue weighted by Crippen LogP contribution is -2.47. The summed E-state index contributed by atoms with van der Waals surface area (Å²) in [4.78, 5) is 29.7. The van der Waals surface area contributed by atoms with Gasteiger partial charge in [-0.05, 0) is 61.1 Å². The number of amides is 2. The van der Waals surface area contributed by atoms with E-state index >= 15 is 0 Å². The van der Waals surface area contributed by atoms with Gasteiger partial charge in [0, 0.05) is 31.7 Å². The summed E-state index contributed by atoms with van der Waals surface area (Å²) >= 11 is 0. The minimum Gasteiger partial charge on any atom is -0.343 e. The minimum absolute atomic E-state index is 0.0127. The SMILES string of the molecule is CC(C)(C)CC(=O)N1CCC2(CC1)CCN(c1ccc(C3CC3)cc1)C2=O. The van der Waals surface area contributed by atoms with E-state index in [0.717, 1.165) is 50.5 Å². The second-order valence-corrected chi connectivity index (χ2v) is 9.97. The zero-order chi connectivity index (χ0) is 19.2. The van der Waals surface area contributed by atoms with Gasteiger partial charge in [-0.1, -0.05) is 32.9 Å². The van der Waals surface area contributed by atoms with Crippen LogP contribution in [-0.4, -0.2) is 36.3 Å². The van der Waals surface area contributed by atoms with E-state index in [4.69, 9.17) is 0 Å². The smallest absolute Gasteiger partial charge is 0.233 e. The third kappa shape index (κ3) is 3.76. The van der Waals surface area contributed by atoms with Crippen LogP contribution < -0.4 is 4.90 Å². The predicted octanol–water partition coefficient (Wildman–Crippen LogP) is 4.35. The quantitative estimate of drug-likeness (QED) is 0.796. The van der Waals surface area contributed by atoms with Crippen molar-refractivity contribution in [1.82, 2.24) is 4.90 Å². The topological polar surface area (TPSA) is 40.6 Å². The van der Waals surface area contributed by atoms with Crippen molar-refractivity contribution in [2.24, 2.45) is 10.8 Å². The summed E-state index contributed by atoms with van der Waals surface area (Å²) in [5, 5.41) is 0. The Morgan fingerprint density at radius 3 is 2.19 bits per heavy atom. The van der Waals surface area contributed by atoms with Crippen molar-refractivity contribution in [1.29, 1.82) is 0 Å². The van der Waals surface area contributed by atoms with Crippen LogP contribution in [-0.2, 0) is 9.59 Å². The van der Waals surface area contributed by atoms with Crippen LogP contribution in [0.25, 0.3) is 0 Å². The Morgan fingerprint density at radius 1 is 1.04 bits per heavy atom. The summed E-state index contributed by atoms with van der Waals surface area (Å²) in [5.41, 5.74) is 2.20. The Hall–Kier alpha value is -1.84. The molecule has 4 rings (SSSR count). The van der Waals surface area contributed by atoms with E-state index in [1.807, 2.05) is 9.80 Å². The van der Waals surface area contributed by atoms with Crippen LogP contribution in [0, 0.1) is 10.8 Å². The molecule has 1 aromatic rings. The highest BCUT2D eigenvalue weighted by molar-refractivity contribution is 6.00. The number of anilines is 1. The van der Waals surface area contributed by atoms with Gasteiger partial charge in [0.15, 0.2) is 0 Å². The van der Waals surface area contributed by atoms with Crippen molar-refractivity contribution in [2.45, 2.75) is 65.2 Å². The zero-order valence-corrected chi connectivity index (χ0v) is 17.0. The van der Waals surface area contributed by atoms with E-state index in [1.165, 1.54) is 18.4 Å². The summed E-state index contributed by atoms with van der Waals surface area (Å²) in [6.45, 7) is 8.54. The minimum atomic E-state index is -0.256. The van der Waals surface area contributed by atoms with Crippen molar-refractivity contribution in [3.63, 3.8) is 0 Å². The molecule has 3 aliphatic rings. The number of piperidine rings is 1. The summed E-state index contributed by atoms with van der Waals surface area (Å²) in [7, 11) is 0. The van der Waals surface area contributed by atoms with Gasteiger partial charge in [-0.3, -0.25) is 9.59 Å². The van der Waals surface area contributed by atoms with Crippen LogP contribution in [0.2, 0.25) is 0 Å². The van der Waals surface area contributed by atoms with Gasteiger partial charge in [-0.2, -0.15) is 0 Å². The van der Waals surface area contributed by atoms with Crippen molar-refractivity contribution in [2.75, 3.05) is 24.5 Å². The van der Waals surface area contributed by atoms with Gasteiger partial charge in [0.2, 0.25) is 11.8 Å². The molecule has 2 amide bonds. The molecule has 4 nitrogen and oxygen atoms in total. The summed E-state index contributed by atoms with van der Waals surface area (Å²) in [6.07, 6.45) is 5.70. The maximum absolute atomic E-state index is 13.2. The molecule has 146 valence electrons. The third-order valence-corrected chi connectivity index (χ3v) is 6.52. The second-order valence-electron chi connectivity index (χ2n) is 9.97. The largest absolute Gasteiger partial charge is 0.343 e. The van der Waals surface area contributed by atoms with E-state index in [1.54, 1.807) is 0 Å². The first-order valence-electron chi connectivity index (χ1n) is 10.5. The number of likely N-dealkylation sites (tertiary alicyclic amines) is 1. The monoisotopic (exact) mass is 368 g/mol. The van der Waals surface area contributed by atoms with E-state index in [9.17, 15) is 9.59 Å². The second kappa shape index (κ2) is 6.65. The molecule has 1 aliphatic carbocycles. The molecule has 1 aromatic carbocycles. The number of nitrogens with zero attached hydrogens (tertiary/aromatic N) is 2. The van der Waals surface area contributed by atoms with Crippen LogP contribution in [0.5, 0.6) is 0 Å². The first kappa shape index (κ1) is 18.5. The maximum Gasteiger partial charge on any atom is 0.233 e. The fourth-order valence-corrected chi connectivity index (χ4v) is 4.62. The first-order valence-corrected chi connectivity index (χ1v) is 10.5. The number of hydrogen-bond acceptors (Lipinski definition) is 2. The highest BCUT2D eigenvalue weighted by Gasteiger charge is 2.49. The van der Waals surface area contributed by atoms with Crippen LogP contribution in [0.1, 0.15) is 70.8 Å². The molecule has 2 saturated heterocycles. The highest BCUT2D eigenvalue weighted by Crippen LogP contribution is 2.44. The number of rotatable bonds is 3. The average Bonchev–Trinajstić information content (AvgIpc) is 3.42. The van der Waals surface area contributed by atoms with Crippen LogP contribution >= 0.6 is 0 Å². The van der Waals surface area contributed by atoms with E-state index < -0.39 is 0 Å². The number of carbonyl (C=O) groups is 2. The molecule has 0 radical (unpaired) electrons. The van der Waals surface area contributed by atoms with Crippen LogP contribution in [0.15, 0.2) is 24.3 Å². The van der Waals surface area contributed by atoms with Crippen molar-refractivity contribution < 1.29 is 9.59 Å². The Bertz CT molecular complexity index is 720. The first-order chi connectivity index (χ1) is 12.8. The number of hydrogen-bond donors (Lipinski definition) is 0. The zero-order valence-electron chi connectivity index (χ0n) is 17.0. The molecule has 3 fully saturated rings. The van der Waals surface area contributed by atoms with Gasteiger partial charge in [0.05, 0.1) is 5.41 Å². The molecule has 2 heterocycles. The summed E-state index contributed by atoms with van der Waals surface area (Å²) in [6, 6.07) is 8.62. The van der Waals surface area contributed by atoms with Gasteiger partial charge in [0.1, 0.15) is 0 Å². The molecule has 0 N–H and O–H groups in total. The van der Waals surface area contributed by atoms with Crippen LogP contribution in [0.4, 0.5) is 5.69 Å². The Balaban J connectivity index is 1.39. The Labute approximate surface area is 162 Å². The standard InChI is InChI=1S/C23H32N2O2/c1-22(2,3)16-20(26)24-13-10-23(11-14-24)12-15-25(21(23)27)19-8-6-18(7-9-19)17-4-5-17/h6-9,17H,4-5,10-16H2,1-3H3. The maximum atomic E-state index is 13.2. The molecule has 2 aliphatic heterocycles. The fraction of sp³-hybridized carbons (Fsp3) is 0.652. The average molecular weight is 369 g/mol. The normalized spacial score (nSPS) is 22.6. The predicted molar refractivity (Wildman–Crippen MR) is 108 cm³/mol. The molecule has 0 atom stereocenters. The van der Waals surface area contributed by atoms with Gasteiger partial charge >= 0.3 is 0 Å². The molecular formula is C23H32N2O2. The van der Waals surface area contributed by atoms with Gasteiger partial charge in [0.25, 0.3) is 0 Å². The molecule has 27 heavy (non-hydrogen) atoms. The van der Waals surface area contributed by atoms with Crippen molar-refractivity contribution in [3.05, 3.63) is 29.8 Å². The third-order valence-electron chi connectivity index (χ3n) is 6.52. The van der Waals surface area contributed by atoms with Crippen molar-refractivity contribution in [3.8, 4) is 0 Å². The lowest BCUT2D eigenvalue weighted by atomic mass is 9.77. The van der Waals surface area contributed by atoms with Gasteiger partial charge in [-0.25, -0.2) is 0 Å². The molecule has 1 saturated carbocycles. The Morgan fingerprint density at radius 2 is 1.63 bits per heavy atom. The summed E-state index contributed by atoms with van der Waals surface area (Å²) < 4.78 is 0. The lowest BCUT2D eigenvalue weighted by Gasteiger charge is -2.38.